The van der Waals surface area contributed by atoms with Gasteiger partial charge in [0.1, 0.15) is 5.82 Å². The maximum Gasteiger partial charge on any atom is 0.243 e. The summed E-state index contributed by atoms with van der Waals surface area (Å²) in [6.07, 6.45) is 0. The Morgan fingerprint density at radius 2 is 1.95 bits per heavy atom. The number of halogens is 2. The van der Waals surface area contributed by atoms with Gasteiger partial charge in [0.15, 0.2) is 0 Å². The maximum atomic E-state index is 12.9. The van der Waals surface area contributed by atoms with E-state index in [1.807, 2.05) is 6.07 Å². The minimum atomic E-state index is -0.437. The van der Waals surface area contributed by atoms with Gasteiger partial charge >= 0.3 is 0 Å². The molecule has 0 aliphatic heterocycles. The van der Waals surface area contributed by atoms with Crippen molar-refractivity contribution >= 4 is 28.9 Å². The Morgan fingerprint density at radius 3 is 2.57 bits per heavy atom. The van der Waals surface area contributed by atoms with Crippen LogP contribution in [0.3, 0.4) is 0 Å². The second kappa shape index (κ2) is 6.73. The molecule has 0 aromatic heterocycles. The van der Waals surface area contributed by atoms with Crippen molar-refractivity contribution in [2.45, 2.75) is 0 Å². The van der Waals surface area contributed by atoms with Crippen molar-refractivity contribution in [1.29, 1.82) is 5.26 Å². The van der Waals surface area contributed by atoms with E-state index >= 15 is 0 Å². The quantitative estimate of drug-likeness (QED) is 0.910. The van der Waals surface area contributed by atoms with Gasteiger partial charge in [-0.25, -0.2) is 4.39 Å². The van der Waals surface area contributed by atoms with E-state index in [2.05, 4.69) is 10.6 Å². The molecule has 0 aliphatic carbocycles. The van der Waals surface area contributed by atoms with Crippen LogP contribution in [0.15, 0.2) is 42.5 Å². The summed E-state index contributed by atoms with van der Waals surface area (Å²) < 4.78 is 12.9. The number of anilines is 2. The van der Waals surface area contributed by atoms with Crippen molar-refractivity contribution in [2.24, 2.45) is 0 Å². The normalized spacial score (nSPS) is 9.76. The first kappa shape index (κ1) is 14.8. The van der Waals surface area contributed by atoms with Crippen LogP contribution >= 0.6 is 11.6 Å². The summed E-state index contributed by atoms with van der Waals surface area (Å²) in [4.78, 5) is 11.8. The van der Waals surface area contributed by atoms with E-state index in [-0.39, 0.29) is 17.5 Å². The molecular weight excluding hydrogens is 293 g/mol. The van der Waals surface area contributed by atoms with E-state index in [1.54, 1.807) is 24.3 Å². The van der Waals surface area contributed by atoms with E-state index in [1.165, 1.54) is 18.2 Å². The number of nitrogens with zero attached hydrogens (tertiary/aromatic N) is 1. The molecule has 0 fully saturated rings. The lowest BCUT2D eigenvalue weighted by Gasteiger charge is -2.09. The molecule has 21 heavy (non-hydrogen) atoms. The SMILES string of the molecule is N#Cc1ccc(NC(=O)CNc2ccc(F)cc2Cl)cc1. The van der Waals surface area contributed by atoms with Crippen molar-refractivity contribution in [1.82, 2.24) is 0 Å². The second-order valence-electron chi connectivity index (χ2n) is 4.22. The summed E-state index contributed by atoms with van der Waals surface area (Å²) >= 11 is 5.84. The first-order valence-electron chi connectivity index (χ1n) is 6.07. The van der Waals surface area contributed by atoms with Gasteiger partial charge in [0.05, 0.1) is 28.9 Å². The molecule has 0 atom stereocenters. The molecule has 106 valence electrons. The first-order chi connectivity index (χ1) is 10.1. The van der Waals surface area contributed by atoms with Gasteiger partial charge in [-0.15, -0.1) is 0 Å². The van der Waals surface area contributed by atoms with Crippen LogP contribution in [0.2, 0.25) is 5.02 Å². The molecule has 2 aromatic rings. The molecule has 0 saturated heterocycles. The third-order valence-electron chi connectivity index (χ3n) is 2.67. The zero-order chi connectivity index (χ0) is 15.2. The number of hydrogen-bond donors (Lipinski definition) is 2. The van der Waals surface area contributed by atoms with E-state index in [4.69, 9.17) is 16.9 Å². The lowest BCUT2D eigenvalue weighted by molar-refractivity contribution is -0.114. The highest BCUT2D eigenvalue weighted by Gasteiger charge is 2.05. The van der Waals surface area contributed by atoms with Gasteiger partial charge in [-0.3, -0.25) is 4.79 Å². The molecule has 0 heterocycles. The molecule has 0 radical (unpaired) electrons. The molecule has 0 unspecified atom stereocenters. The number of benzene rings is 2. The average Bonchev–Trinajstić information content (AvgIpc) is 2.47. The summed E-state index contributed by atoms with van der Waals surface area (Å²) in [6.45, 7) is -0.00858. The molecule has 0 saturated carbocycles. The molecule has 2 rings (SSSR count). The van der Waals surface area contributed by atoms with Crippen molar-refractivity contribution < 1.29 is 9.18 Å². The van der Waals surface area contributed by atoms with Crippen LogP contribution in [0.1, 0.15) is 5.56 Å². The Balaban J connectivity index is 1.91. The van der Waals surface area contributed by atoms with Gasteiger partial charge in [-0.1, -0.05) is 11.6 Å². The number of rotatable bonds is 4. The smallest absolute Gasteiger partial charge is 0.243 e. The topological polar surface area (TPSA) is 64.9 Å². The van der Waals surface area contributed by atoms with Crippen molar-refractivity contribution in [3.63, 3.8) is 0 Å². The predicted molar refractivity (Wildman–Crippen MR) is 79.7 cm³/mol. The molecule has 6 heteroatoms. The maximum absolute atomic E-state index is 12.9. The molecule has 4 nitrogen and oxygen atoms in total. The molecule has 0 bridgehead atoms. The molecule has 1 amide bonds. The highest BCUT2D eigenvalue weighted by Crippen LogP contribution is 2.22. The van der Waals surface area contributed by atoms with Crippen LogP contribution in [0.5, 0.6) is 0 Å². The van der Waals surface area contributed by atoms with Crippen LogP contribution < -0.4 is 10.6 Å². The largest absolute Gasteiger partial charge is 0.375 e. The Bertz CT molecular complexity index is 695. The standard InChI is InChI=1S/C15H11ClFN3O/c16-13-7-11(17)3-6-14(13)19-9-15(21)20-12-4-1-10(8-18)2-5-12/h1-7,19H,9H2,(H,20,21). The van der Waals surface area contributed by atoms with Gasteiger partial charge in [0.25, 0.3) is 0 Å². The summed E-state index contributed by atoms with van der Waals surface area (Å²) in [5.74, 6) is -0.715. The Hall–Kier alpha value is -2.58. The number of carbonyl (C=O) groups excluding carboxylic acids is 1. The highest BCUT2D eigenvalue weighted by molar-refractivity contribution is 6.33. The minimum absolute atomic E-state index is 0.00858. The fourth-order valence-electron chi connectivity index (χ4n) is 1.64. The molecule has 2 aromatic carbocycles. The van der Waals surface area contributed by atoms with Crippen LogP contribution in [-0.4, -0.2) is 12.5 Å². The fourth-order valence-corrected chi connectivity index (χ4v) is 1.88. The summed E-state index contributed by atoms with van der Waals surface area (Å²) in [5.41, 5.74) is 1.59. The number of amides is 1. The Morgan fingerprint density at radius 1 is 1.24 bits per heavy atom. The van der Waals surface area contributed by atoms with Gasteiger partial charge < -0.3 is 10.6 Å². The lowest BCUT2D eigenvalue weighted by Crippen LogP contribution is -2.21. The van der Waals surface area contributed by atoms with Crippen LogP contribution in [0, 0.1) is 17.1 Å². The van der Waals surface area contributed by atoms with Gasteiger partial charge in [0, 0.05) is 5.69 Å². The zero-order valence-electron chi connectivity index (χ0n) is 10.9. The third-order valence-corrected chi connectivity index (χ3v) is 2.98. The van der Waals surface area contributed by atoms with Crippen LogP contribution in [-0.2, 0) is 4.79 Å². The van der Waals surface area contributed by atoms with Gasteiger partial charge in [-0.2, -0.15) is 5.26 Å². The molecule has 0 aliphatic rings. The number of nitrogens with one attached hydrogen (secondary N) is 2. The van der Waals surface area contributed by atoms with E-state index < -0.39 is 5.82 Å². The second-order valence-corrected chi connectivity index (χ2v) is 4.62. The Kier molecular flexibility index (Phi) is 4.75. The van der Waals surface area contributed by atoms with Crippen molar-refractivity contribution in [2.75, 3.05) is 17.2 Å². The minimum Gasteiger partial charge on any atom is -0.375 e. The van der Waals surface area contributed by atoms with E-state index in [0.717, 1.165) is 0 Å². The summed E-state index contributed by atoms with van der Waals surface area (Å²) in [6, 6.07) is 12.4. The van der Waals surface area contributed by atoms with Crippen LogP contribution in [0.4, 0.5) is 15.8 Å². The van der Waals surface area contributed by atoms with Crippen LogP contribution in [0.25, 0.3) is 0 Å². The summed E-state index contributed by atoms with van der Waals surface area (Å²) in [5, 5.41) is 14.4. The number of nitriles is 1. The molecular formula is C15H11ClFN3O. The Labute approximate surface area is 126 Å². The van der Waals surface area contributed by atoms with E-state index in [9.17, 15) is 9.18 Å². The van der Waals surface area contributed by atoms with Crippen molar-refractivity contribution in [3.8, 4) is 6.07 Å². The third kappa shape index (κ3) is 4.20. The van der Waals surface area contributed by atoms with E-state index in [0.29, 0.717) is 16.9 Å². The van der Waals surface area contributed by atoms with Gasteiger partial charge in [0.2, 0.25) is 5.91 Å². The lowest BCUT2D eigenvalue weighted by atomic mass is 10.2. The zero-order valence-corrected chi connectivity index (χ0v) is 11.6. The predicted octanol–water partition coefficient (Wildman–Crippen LogP) is 3.40. The number of hydrogen-bond acceptors (Lipinski definition) is 3. The van der Waals surface area contributed by atoms with Gasteiger partial charge in [-0.05, 0) is 42.5 Å². The fraction of sp³-hybridized carbons (Fsp3) is 0.0667. The number of carbonyl (C=O) groups is 1. The first-order valence-corrected chi connectivity index (χ1v) is 6.45. The van der Waals surface area contributed by atoms with Crippen molar-refractivity contribution in [3.05, 3.63) is 58.9 Å². The monoisotopic (exact) mass is 303 g/mol. The highest BCUT2D eigenvalue weighted by atomic mass is 35.5. The average molecular weight is 304 g/mol. The molecule has 2 N–H and O–H groups in total. The molecule has 0 spiro atoms. The summed E-state index contributed by atoms with van der Waals surface area (Å²) in [7, 11) is 0.